The number of benzene rings is 1. The summed E-state index contributed by atoms with van der Waals surface area (Å²) in [5.74, 6) is -1.10. The number of hydrogen-bond donors (Lipinski definition) is 2. The molecule has 0 spiro atoms. The summed E-state index contributed by atoms with van der Waals surface area (Å²) in [5.41, 5.74) is 2.10. The van der Waals surface area contributed by atoms with Gasteiger partial charge in [0.2, 0.25) is 11.8 Å². The van der Waals surface area contributed by atoms with Crippen LogP contribution in [0, 0.1) is 13.8 Å². The maximum Gasteiger partial charge on any atom is 0.256 e. The van der Waals surface area contributed by atoms with Crippen LogP contribution in [0.25, 0.3) is 0 Å². The molecular formula is C19H19N3O4S. The van der Waals surface area contributed by atoms with Gasteiger partial charge < -0.3 is 10.6 Å². The smallest absolute Gasteiger partial charge is 0.256 e. The average Bonchev–Trinajstić information content (AvgIpc) is 3.13. The maximum absolute atomic E-state index is 12.6. The molecule has 7 nitrogen and oxygen atoms in total. The van der Waals surface area contributed by atoms with E-state index in [1.54, 1.807) is 31.3 Å². The van der Waals surface area contributed by atoms with Gasteiger partial charge in [-0.1, -0.05) is 0 Å². The Hall–Kier alpha value is -3.00. The molecule has 2 aromatic rings. The first-order chi connectivity index (χ1) is 12.8. The van der Waals surface area contributed by atoms with Crippen molar-refractivity contribution >= 4 is 45.7 Å². The summed E-state index contributed by atoms with van der Waals surface area (Å²) in [6.45, 7) is 3.73. The molecule has 140 valence electrons. The van der Waals surface area contributed by atoms with E-state index in [4.69, 9.17) is 0 Å². The predicted octanol–water partition coefficient (Wildman–Crippen LogP) is 2.63. The molecule has 0 unspecified atom stereocenters. The van der Waals surface area contributed by atoms with E-state index in [2.05, 4.69) is 10.6 Å². The molecule has 27 heavy (non-hydrogen) atoms. The van der Waals surface area contributed by atoms with Gasteiger partial charge in [0.05, 0.1) is 11.3 Å². The molecule has 8 heteroatoms. The van der Waals surface area contributed by atoms with E-state index in [1.165, 1.54) is 11.3 Å². The molecule has 0 aliphatic carbocycles. The zero-order valence-electron chi connectivity index (χ0n) is 15.2. The van der Waals surface area contributed by atoms with Crippen LogP contribution < -0.4 is 15.5 Å². The van der Waals surface area contributed by atoms with Crippen LogP contribution in [0.1, 0.15) is 44.0 Å². The van der Waals surface area contributed by atoms with Gasteiger partial charge in [0.25, 0.3) is 11.8 Å². The average molecular weight is 385 g/mol. The van der Waals surface area contributed by atoms with Crippen molar-refractivity contribution in [3.63, 3.8) is 0 Å². The molecule has 1 aliphatic rings. The van der Waals surface area contributed by atoms with Crippen molar-refractivity contribution in [1.82, 2.24) is 5.32 Å². The van der Waals surface area contributed by atoms with Crippen molar-refractivity contribution in [2.75, 3.05) is 17.3 Å². The molecule has 1 fully saturated rings. The van der Waals surface area contributed by atoms with E-state index in [0.29, 0.717) is 21.8 Å². The third-order valence-electron chi connectivity index (χ3n) is 4.51. The van der Waals surface area contributed by atoms with Gasteiger partial charge in [-0.05, 0) is 43.7 Å². The van der Waals surface area contributed by atoms with E-state index in [0.717, 1.165) is 15.3 Å². The van der Waals surface area contributed by atoms with E-state index in [-0.39, 0.29) is 36.5 Å². The molecule has 2 N–H and O–H groups in total. The second-order valence-electron chi connectivity index (χ2n) is 6.19. The van der Waals surface area contributed by atoms with E-state index >= 15 is 0 Å². The first-order valence-corrected chi connectivity index (χ1v) is 9.24. The molecule has 0 saturated carbocycles. The Morgan fingerprint density at radius 3 is 2.15 bits per heavy atom. The number of thiophene rings is 1. The first-order valence-electron chi connectivity index (χ1n) is 8.42. The fraction of sp³-hybridized carbons (Fsp3) is 0.263. The third-order valence-corrected chi connectivity index (χ3v) is 5.63. The quantitative estimate of drug-likeness (QED) is 0.791. The topological polar surface area (TPSA) is 95.6 Å². The van der Waals surface area contributed by atoms with Gasteiger partial charge in [0.15, 0.2) is 0 Å². The summed E-state index contributed by atoms with van der Waals surface area (Å²) in [4.78, 5) is 50.4. The molecule has 1 aromatic heterocycles. The summed E-state index contributed by atoms with van der Waals surface area (Å²) in [7, 11) is 1.54. The minimum Gasteiger partial charge on any atom is -0.355 e. The summed E-state index contributed by atoms with van der Waals surface area (Å²) < 4.78 is 0. The Bertz CT molecular complexity index is 931. The van der Waals surface area contributed by atoms with Crippen molar-refractivity contribution < 1.29 is 19.2 Å². The fourth-order valence-corrected chi connectivity index (χ4v) is 3.97. The molecule has 2 heterocycles. The second kappa shape index (κ2) is 7.32. The SMILES string of the molecule is CNC(=O)c1c(NC(=O)c2ccc(N3C(=O)CCC3=O)cc2)sc(C)c1C. The summed E-state index contributed by atoms with van der Waals surface area (Å²) in [5, 5.41) is 5.85. The van der Waals surface area contributed by atoms with Gasteiger partial charge >= 0.3 is 0 Å². The Labute approximate surface area is 160 Å². The van der Waals surface area contributed by atoms with Crippen molar-refractivity contribution in [2.45, 2.75) is 26.7 Å². The monoisotopic (exact) mass is 385 g/mol. The molecule has 0 bridgehead atoms. The summed E-state index contributed by atoms with van der Waals surface area (Å²) in [6, 6.07) is 6.24. The maximum atomic E-state index is 12.6. The van der Waals surface area contributed by atoms with Gasteiger partial charge in [-0.3, -0.25) is 24.1 Å². The molecule has 3 rings (SSSR count). The minimum absolute atomic E-state index is 0.209. The lowest BCUT2D eigenvalue weighted by Crippen LogP contribution is -2.28. The van der Waals surface area contributed by atoms with Crippen molar-refractivity contribution in [3.8, 4) is 0 Å². The largest absolute Gasteiger partial charge is 0.355 e. The number of hydrogen-bond acceptors (Lipinski definition) is 5. The van der Waals surface area contributed by atoms with Crippen LogP contribution in [-0.4, -0.2) is 30.7 Å². The highest BCUT2D eigenvalue weighted by atomic mass is 32.1. The lowest BCUT2D eigenvalue weighted by molar-refractivity contribution is -0.121. The van der Waals surface area contributed by atoms with Gasteiger partial charge in [-0.2, -0.15) is 0 Å². The Kier molecular flexibility index (Phi) is 5.09. The van der Waals surface area contributed by atoms with Crippen molar-refractivity contribution in [3.05, 3.63) is 45.8 Å². The fourth-order valence-electron chi connectivity index (χ4n) is 2.92. The Balaban J connectivity index is 1.82. The predicted molar refractivity (Wildman–Crippen MR) is 103 cm³/mol. The number of nitrogens with one attached hydrogen (secondary N) is 2. The van der Waals surface area contributed by atoms with Gasteiger partial charge in [-0.15, -0.1) is 11.3 Å². The standard InChI is InChI=1S/C19H19N3O4S/c1-10-11(2)27-19(16(10)18(26)20-3)21-17(25)12-4-6-13(7-5-12)22-14(23)8-9-15(22)24/h4-7H,8-9H2,1-3H3,(H,20,26)(H,21,25). The van der Waals surface area contributed by atoms with Crippen molar-refractivity contribution in [2.24, 2.45) is 0 Å². The normalized spacial score (nSPS) is 13.8. The molecule has 0 radical (unpaired) electrons. The molecule has 1 aromatic carbocycles. The zero-order valence-corrected chi connectivity index (χ0v) is 16.0. The van der Waals surface area contributed by atoms with Crippen LogP contribution in [0.3, 0.4) is 0 Å². The van der Waals surface area contributed by atoms with Crippen LogP contribution in [0.2, 0.25) is 0 Å². The molecule has 4 amide bonds. The van der Waals surface area contributed by atoms with Crippen LogP contribution >= 0.6 is 11.3 Å². The number of carbonyl (C=O) groups is 4. The highest BCUT2D eigenvalue weighted by molar-refractivity contribution is 7.16. The minimum atomic E-state index is -0.368. The summed E-state index contributed by atoms with van der Waals surface area (Å²) >= 11 is 1.34. The number of rotatable bonds is 4. The molecular weight excluding hydrogens is 366 g/mol. The number of amides is 4. The lowest BCUT2D eigenvalue weighted by Gasteiger charge is -2.14. The number of imide groups is 1. The van der Waals surface area contributed by atoms with Gasteiger partial charge in [0.1, 0.15) is 5.00 Å². The highest BCUT2D eigenvalue weighted by Gasteiger charge is 2.30. The number of nitrogens with zero attached hydrogens (tertiary/aromatic N) is 1. The highest BCUT2D eigenvalue weighted by Crippen LogP contribution is 2.33. The van der Waals surface area contributed by atoms with Crippen LogP contribution in [-0.2, 0) is 9.59 Å². The second-order valence-corrected chi connectivity index (χ2v) is 7.42. The molecule has 0 atom stereocenters. The van der Waals surface area contributed by atoms with E-state index in [9.17, 15) is 19.2 Å². The first kappa shape index (κ1) is 18.8. The van der Waals surface area contributed by atoms with Gasteiger partial charge in [0, 0.05) is 30.3 Å². The zero-order chi connectivity index (χ0) is 19.7. The number of carbonyl (C=O) groups excluding carboxylic acids is 4. The van der Waals surface area contributed by atoms with Crippen molar-refractivity contribution in [1.29, 1.82) is 0 Å². The van der Waals surface area contributed by atoms with Crippen LogP contribution in [0.4, 0.5) is 10.7 Å². The third kappa shape index (κ3) is 3.48. The number of aryl methyl sites for hydroxylation is 1. The van der Waals surface area contributed by atoms with Crippen LogP contribution in [0.15, 0.2) is 24.3 Å². The Morgan fingerprint density at radius 2 is 1.59 bits per heavy atom. The lowest BCUT2D eigenvalue weighted by atomic mass is 10.1. The number of anilines is 2. The van der Waals surface area contributed by atoms with Gasteiger partial charge in [-0.25, -0.2) is 0 Å². The van der Waals surface area contributed by atoms with E-state index in [1.807, 2.05) is 13.8 Å². The molecule has 1 aliphatic heterocycles. The summed E-state index contributed by atoms with van der Waals surface area (Å²) in [6.07, 6.45) is 0.418. The molecule has 1 saturated heterocycles. The Morgan fingerprint density at radius 1 is 1.00 bits per heavy atom. The van der Waals surface area contributed by atoms with Crippen LogP contribution in [0.5, 0.6) is 0 Å². The van der Waals surface area contributed by atoms with E-state index < -0.39 is 0 Å².